The van der Waals surface area contributed by atoms with E-state index in [-0.39, 0.29) is 0 Å². The van der Waals surface area contributed by atoms with Crippen molar-refractivity contribution >= 4 is 8.07 Å². The summed E-state index contributed by atoms with van der Waals surface area (Å²) in [7, 11) is -1.82. The first-order valence-electron chi connectivity index (χ1n) is 2.01. The highest BCUT2D eigenvalue weighted by molar-refractivity contribution is 6.91. The number of hydrogen-bond donors (Lipinski definition) is 0. The molecule has 0 aliphatic rings. The highest BCUT2D eigenvalue weighted by atomic mass is 28.3. The van der Waals surface area contributed by atoms with E-state index in [4.69, 9.17) is 11.7 Å². The van der Waals surface area contributed by atoms with Crippen molar-refractivity contribution in [2.45, 2.75) is 13.1 Å². The molecule has 0 rings (SSSR count). The van der Waals surface area contributed by atoms with E-state index in [9.17, 15) is 0 Å². The van der Waals surface area contributed by atoms with Gasteiger partial charge in [-0.2, -0.15) is 0 Å². The number of nitrogens with zero attached hydrogens (tertiary/aromatic N) is 1. The van der Waals surface area contributed by atoms with Gasteiger partial charge in [0.15, 0.2) is 0 Å². The predicted octanol–water partition coefficient (Wildman–Crippen LogP) is 0.930. The van der Waals surface area contributed by atoms with Crippen LogP contribution in [0.2, 0.25) is 13.1 Å². The van der Waals surface area contributed by atoms with E-state index in [1.807, 2.05) is 13.1 Å². The Bertz CT molecular complexity index is 119. The smallest absolute Gasteiger partial charge is 0.205 e. The zero-order chi connectivity index (χ0) is 5.91. The molecule has 0 amide bonds. The second-order valence-corrected chi connectivity index (χ2v) is 5.64. The normalized spacial score (nSPS) is 9.14. The summed E-state index contributed by atoms with van der Waals surface area (Å²) in [6.07, 6.45) is 5.01. The highest BCUT2D eigenvalue weighted by Gasteiger charge is 2.14. The minimum absolute atomic E-state index is 1.82. The standard InChI is InChI=1S/C5H7NSi/c1-4-7(2,3)5-6/h1H,2-3H3. The van der Waals surface area contributed by atoms with Gasteiger partial charge in [-0.25, -0.2) is 5.26 Å². The summed E-state index contributed by atoms with van der Waals surface area (Å²) in [5, 5.41) is 8.26. The summed E-state index contributed by atoms with van der Waals surface area (Å²) in [5.74, 6) is 0. The van der Waals surface area contributed by atoms with Gasteiger partial charge in [-0.15, -0.1) is 12.0 Å². The van der Waals surface area contributed by atoms with Crippen LogP contribution >= 0.6 is 0 Å². The summed E-state index contributed by atoms with van der Waals surface area (Å²) >= 11 is 0. The van der Waals surface area contributed by atoms with Crippen molar-refractivity contribution in [1.82, 2.24) is 0 Å². The number of rotatable bonds is 0. The molecule has 0 spiro atoms. The lowest BCUT2D eigenvalue weighted by Gasteiger charge is -1.96. The lowest BCUT2D eigenvalue weighted by atomic mass is 11.4. The molecular formula is C5H7NSi. The van der Waals surface area contributed by atoms with E-state index in [0.29, 0.717) is 0 Å². The number of hydrogen-bond acceptors (Lipinski definition) is 1. The molecule has 0 atom stereocenters. The summed E-state index contributed by atoms with van der Waals surface area (Å²) in [4.78, 5) is 0. The molecule has 0 saturated carbocycles. The first-order valence-corrected chi connectivity index (χ1v) is 5.01. The zero-order valence-electron chi connectivity index (χ0n) is 4.52. The second-order valence-electron chi connectivity index (χ2n) is 1.88. The fraction of sp³-hybridized carbons (Fsp3) is 0.400. The Kier molecular flexibility index (Phi) is 1.63. The molecule has 0 aliphatic carbocycles. The van der Waals surface area contributed by atoms with Crippen LogP contribution in [0.15, 0.2) is 0 Å². The van der Waals surface area contributed by atoms with Gasteiger partial charge in [-0.05, 0) is 13.1 Å². The van der Waals surface area contributed by atoms with Crippen LogP contribution in [0.25, 0.3) is 0 Å². The van der Waals surface area contributed by atoms with Crippen molar-refractivity contribution in [2.75, 3.05) is 0 Å². The largest absolute Gasteiger partial charge is 0.245 e. The number of terminal acetylenes is 1. The van der Waals surface area contributed by atoms with Crippen LogP contribution < -0.4 is 0 Å². The first kappa shape index (κ1) is 6.27. The molecule has 1 nitrogen and oxygen atoms in total. The molecule has 0 bridgehead atoms. The van der Waals surface area contributed by atoms with E-state index in [0.717, 1.165) is 0 Å². The van der Waals surface area contributed by atoms with Gasteiger partial charge in [0.2, 0.25) is 8.07 Å². The van der Waals surface area contributed by atoms with Crippen molar-refractivity contribution in [3.05, 3.63) is 0 Å². The molecule has 0 fully saturated rings. The summed E-state index contributed by atoms with van der Waals surface area (Å²) in [5.41, 5.74) is 4.56. The van der Waals surface area contributed by atoms with Gasteiger partial charge < -0.3 is 0 Å². The number of nitriles is 1. The van der Waals surface area contributed by atoms with Gasteiger partial charge in [-0.3, -0.25) is 0 Å². The molecule has 0 aromatic heterocycles. The molecule has 0 radical (unpaired) electrons. The molecule has 7 heavy (non-hydrogen) atoms. The van der Waals surface area contributed by atoms with Gasteiger partial charge in [-0.1, -0.05) is 0 Å². The van der Waals surface area contributed by atoms with Crippen LogP contribution in [-0.2, 0) is 0 Å². The Morgan fingerprint density at radius 2 is 2.00 bits per heavy atom. The van der Waals surface area contributed by atoms with Gasteiger partial charge in [0.1, 0.15) is 0 Å². The van der Waals surface area contributed by atoms with Gasteiger partial charge >= 0.3 is 0 Å². The van der Waals surface area contributed by atoms with E-state index >= 15 is 0 Å². The van der Waals surface area contributed by atoms with E-state index in [2.05, 4.69) is 11.2 Å². The second kappa shape index (κ2) is 1.82. The van der Waals surface area contributed by atoms with Gasteiger partial charge in [0.25, 0.3) is 0 Å². The fourth-order valence-electron chi connectivity index (χ4n) is 0.0323. The maximum atomic E-state index is 8.26. The molecular weight excluding hydrogens is 102 g/mol. The van der Waals surface area contributed by atoms with Crippen LogP contribution in [0.4, 0.5) is 0 Å². The monoisotopic (exact) mass is 109 g/mol. The minimum Gasteiger partial charge on any atom is -0.205 e. The molecule has 2 heteroatoms. The van der Waals surface area contributed by atoms with E-state index < -0.39 is 8.07 Å². The van der Waals surface area contributed by atoms with Crippen molar-refractivity contribution in [3.63, 3.8) is 0 Å². The van der Waals surface area contributed by atoms with Crippen molar-refractivity contribution in [2.24, 2.45) is 0 Å². The third-order valence-corrected chi connectivity index (χ3v) is 1.92. The maximum Gasteiger partial charge on any atom is 0.245 e. The molecule has 0 unspecified atom stereocenters. The van der Waals surface area contributed by atoms with Crippen LogP contribution in [0.5, 0.6) is 0 Å². The Morgan fingerprint density at radius 3 is 2.00 bits per heavy atom. The zero-order valence-corrected chi connectivity index (χ0v) is 5.52. The third-order valence-electron chi connectivity index (χ3n) is 0.640. The summed E-state index contributed by atoms with van der Waals surface area (Å²) in [6.45, 7) is 3.68. The quantitative estimate of drug-likeness (QED) is 0.335. The van der Waals surface area contributed by atoms with Crippen molar-refractivity contribution in [1.29, 1.82) is 5.26 Å². The van der Waals surface area contributed by atoms with Gasteiger partial charge in [0.05, 0.1) is 0 Å². The molecule has 36 valence electrons. The van der Waals surface area contributed by atoms with Crippen molar-refractivity contribution in [3.8, 4) is 17.7 Å². The third kappa shape index (κ3) is 2.03. The molecule has 0 aliphatic heterocycles. The van der Waals surface area contributed by atoms with Crippen molar-refractivity contribution < 1.29 is 0 Å². The lowest BCUT2D eigenvalue weighted by molar-refractivity contribution is 1.54. The first-order chi connectivity index (χ1) is 3.12. The van der Waals surface area contributed by atoms with Gasteiger partial charge in [0, 0.05) is 5.69 Å². The molecule has 0 N–H and O–H groups in total. The van der Waals surface area contributed by atoms with E-state index in [1.54, 1.807) is 0 Å². The average molecular weight is 109 g/mol. The molecule has 0 aromatic rings. The fourth-order valence-corrected chi connectivity index (χ4v) is 0.0968. The highest BCUT2D eigenvalue weighted by Crippen LogP contribution is 1.93. The molecule has 0 aromatic carbocycles. The Labute approximate surface area is 45.0 Å². The molecule has 0 saturated heterocycles. The summed E-state index contributed by atoms with van der Waals surface area (Å²) < 4.78 is 0. The van der Waals surface area contributed by atoms with Crippen LogP contribution in [0, 0.1) is 22.9 Å². The topological polar surface area (TPSA) is 23.8 Å². The van der Waals surface area contributed by atoms with Crippen LogP contribution in [0.3, 0.4) is 0 Å². The Hall–Kier alpha value is -0.733. The lowest BCUT2D eigenvalue weighted by Crippen LogP contribution is -2.19. The Balaban J connectivity index is 4.00. The summed E-state index contributed by atoms with van der Waals surface area (Å²) in [6, 6.07) is 0. The van der Waals surface area contributed by atoms with Crippen LogP contribution in [-0.4, -0.2) is 8.07 Å². The Morgan fingerprint density at radius 1 is 1.57 bits per heavy atom. The predicted molar refractivity (Wildman–Crippen MR) is 31.9 cm³/mol. The average Bonchev–Trinajstić information content (AvgIpc) is 1.68. The SMILES string of the molecule is C#C[Si](C)(C)C#N. The molecule has 0 heterocycles. The van der Waals surface area contributed by atoms with E-state index in [1.165, 1.54) is 0 Å². The minimum atomic E-state index is -1.82. The maximum absolute atomic E-state index is 8.26. The van der Waals surface area contributed by atoms with Crippen LogP contribution in [0.1, 0.15) is 0 Å².